The van der Waals surface area contributed by atoms with Crippen LogP contribution in [-0.2, 0) is 4.74 Å². The minimum absolute atomic E-state index is 0.429. The molecule has 1 saturated heterocycles. The van der Waals surface area contributed by atoms with Crippen molar-refractivity contribution in [3.05, 3.63) is 0 Å². The molecule has 0 aromatic carbocycles. The van der Waals surface area contributed by atoms with Crippen LogP contribution in [0.3, 0.4) is 0 Å². The molecule has 0 aromatic heterocycles. The average molecular weight is 171 g/mol. The third-order valence-corrected chi connectivity index (χ3v) is 2.54. The van der Waals surface area contributed by atoms with Crippen LogP contribution in [0.25, 0.3) is 0 Å². The zero-order valence-corrected chi connectivity index (χ0v) is 8.55. The van der Waals surface area contributed by atoms with Crippen LogP contribution in [-0.4, -0.2) is 36.7 Å². The SMILES string of the molecule is CCCCN1C[C@H](C)OC[C@@H]1C. The van der Waals surface area contributed by atoms with Gasteiger partial charge in [-0.1, -0.05) is 13.3 Å². The minimum Gasteiger partial charge on any atom is -0.376 e. The topological polar surface area (TPSA) is 12.5 Å². The molecule has 1 aliphatic heterocycles. The van der Waals surface area contributed by atoms with Gasteiger partial charge in [-0.05, 0) is 26.8 Å². The summed E-state index contributed by atoms with van der Waals surface area (Å²) in [7, 11) is 0. The van der Waals surface area contributed by atoms with Crippen molar-refractivity contribution in [1.29, 1.82) is 0 Å². The number of morpholine rings is 1. The van der Waals surface area contributed by atoms with Gasteiger partial charge in [0.15, 0.2) is 0 Å². The molecule has 0 saturated carbocycles. The Morgan fingerprint density at radius 2 is 2.17 bits per heavy atom. The monoisotopic (exact) mass is 171 g/mol. The number of nitrogens with zero attached hydrogens (tertiary/aromatic N) is 1. The lowest BCUT2D eigenvalue weighted by Crippen LogP contribution is -2.47. The summed E-state index contributed by atoms with van der Waals surface area (Å²) in [5, 5.41) is 0. The number of unbranched alkanes of at least 4 members (excludes halogenated alkanes) is 1. The van der Waals surface area contributed by atoms with Crippen LogP contribution in [0.2, 0.25) is 0 Å². The molecule has 2 atom stereocenters. The Kier molecular flexibility index (Phi) is 4.02. The summed E-state index contributed by atoms with van der Waals surface area (Å²) in [6, 6.07) is 0.618. The Bertz CT molecular complexity index is 127. The zero-order valence-electron chi connectivity index (χ0n) is 8.55. The molecule has 0 radical (unpaired) electrons. The standard InChI is InChI=1S/C10H21NO/c1-4-5-6-11-7-10(3)12-8-9(11)2/h9-10H,4-8H2,1-3H3/t9-,10-/m0/s1. The minimum atomic E-state index is 0.429. The Balaban J connectivity index is 2.28. The fourth-order valence-corrected chi connectivity index (χ4v) is 1.64. The number of hydrogen-bond donors (Lipinski definition) is 0. The van der Waals surface area contributed by atoms with Gasteiger partial charge in [0, 0.05) is 12.6 Å². The second-order valence-corrected chi connectivity index (χ2v) is 3.84. The molecule has 1 aliphatic rings. The van der Waals surface area contributed by atoms with Gasteiger partial charge in [0.05, 0.1) is 12.7 Å². The molecular formula is C10H21NO. The van der Waals surface area contributed by atoms with Crippen LogP contribution in [0, 0.1) is 0 Å². The van der Waals surface area contributed by atoms with Crippen molar-refractivity contribution in [3.63, 3.8) is 0 Å². The van der Waals surface area contributed by atoms with E-state index in [9.17, 15) is 0 Å². The van der Waals surface area contributed by atoms with Gasteiger partial charge in [-0.15, -0.1) is 0 Å². The first-order valence-electron chi connectivity index (χ1n) is 5.09. The molecule has 0 unspecified atom stereocenters. The molecule has 2 nitrogen and oxygen atoms in total. The van der Waals surface area contributed by atoms with Crippen molar-refractivity contribution >= 4 is 0 Å². The predicted octanol–water partition coefficient (Wildman–Crippen LogP) is 1.90. The molecule has 1 fully saturated rings. The summed E-state index contributed by atoms with van der Waals surface area (Å²) in [6.45, 7) is 9.92. The molecule has 0 N–H and O–H groups in total. The van der Waals surface area contributed by atoms with Crippen LogP contribution in [0.15, 0.2) is 0 Å². The van der Waals surface area contributed by atoms with Crippen LogP contribution in [0.1, 0.15) is 33.6 Å². The highest BCUT2D eigenvalue weighted by Crippen LogP contribution is 2.11. The third kappa shape index (κ3) is 2.76. The van der Waals surface area contributed by atoms with Crippen molar-refractivity contribution in [1.82, 2.24) is 4.90 Å². The van der Waals surface area contributed by atoms with Gasteiger partial charge in [-0.2, -0.15) is 0 Å². The van der Waals surface area contributed by atoms with Gasteiger partial charge in [0.1, 0.15) is 0 Å². The van der Waals surface area contributed by atoms with Crippen molar-refractivity contribution < 1.29 is 4.74 Å². The van der Waals surface area contributed by atoms with Gasteiger partial charge in [0.25, 0.3) is 0 Å². The van der Waals surface area contributed by atoms with Crippen LogP contribution in [0.4, 0.5) is 0 Å². The predicted molar refractivity (Wildman–Crippen MR) is 51.4 cm³/mol. The quantitative estimate of drug-likeness (QED) is 0.643. The number of hydrogen-bond acceptors (Lipinski definition) is 2. The first kappa shape index (κ1) is 10.0. The van der Waals surface area contributed by atoms with Crippen LogP contribution >= 0.6 is 0 Å². The largest absolute Gasteiger partial charge is 0.376 e. The Labute approximate surface area is 75.9 Å². The molecule has 0 bridgehead atoms. The number of ether oxygens (including phenoxy) is 1. The molecule has 1 rings (SSSR count). The highest BCUT2D eigenvalue weighted by atomic mass is 16.5. The fourth-order valence-electron chi connectivity index (χ4n) is 1.64. The fraction of sp³-hybridized carbons (Fsp3) is 1.00. The maximum atomic E-state index is 5.56. The van der Waals surface area contributed by atoms with Crippen LogP contribution in [0.5, 0.6) is 0 Å². The van der Waals surface area contributed by atoms with E-state index in [1.165, 1.54) is 19.4 Å². The first-order chi connectivity index (χ1) is 5.74. The van der Waals surface area contributed by atoms with Gasteiger partial charge in [-0.25, -0.2) is 0 Å². The molecule has 12 heavy (non-hydrogen) atoms. The highest BCUT2D eigenvalue weighted by molar-refractivity contribution is 4.74. The van der Waals surface area contributed by atoms with Gasteiger partial charge in [0.2, 0.25) is 0 Å². The molecule has 2 heteroatoms. The summed E-state index contributed by atoms with van der Waals surface area (Å²) in [5.41, 5.74) is 0. The van der Waals surface area contributed by atoms with E-state index in [2.05, 4.69) is 25.7 Å². The first-order valence-corrected chi connectivity index (χ1v) is 5.09. The maximum absolute atomic E-state index is 5.56. The molecule has 0 aromatic rings. The summed E-state index contributed by atoms with van der Waals surface area (Å²) in [4.78, 5) is 2.54. The van der Waals surface area contributed by atoms with Gasteiger partial charge in [-0.3, -0.25) is 4.90 Å². The van der Waals surface area contributed by atoms with Crippen LogP contribution < -0.4 is 0 Å². The van der Waals surface area contributed by atoms with E-state index in [1.54, 1.807) is 0 Å². The van der Waals surface area contributed by atoms with Crippen molar-refractivity contribution in [2.45, 2.75) is 45.8 Å². The Hall–Kier alpha value is -0.0800. The molecule has 1 heterocycles. The number of rotatable bonds is 3. The van der Waals surface area contributed by atoms with Crippen molar-refractivity contribution in [2.75, 3.05) is 19.7 Å². The maximum Gasteiger partial charge on any atom is 0.0674 e. The normalized spacial score (nSPS) is 32.2. The van der Waals surface area contributed by atoms with E-state index in [1.807, 2.05) is 0 Å². The summed E-state index contributed by atoms with van der Waals surface area (Å²) >= 11 is 0. The smallest absolute Gasteiger partial charge is 0.0674 e. The van der Waals surface area contributed by atoms with Gasteiger partial charge < -0.3 is 4.74 Å². The van der Waals surface area contributed by atoms with E-state index < -0.39 is 0 Å². The average Bonchev–Trinajstić information content (AvgIpc) is 2.07. The molecule has 72 valence electrons. The van der Waals surface area contributed by atoms with Crippen molar-refractivity contribution in [2.24, 2.45) is 0 Å². The second-order valence-electron chi connectivity index (χ2n) is 3.84. The third-order valence-electron chi connectivity index (χ3n) is 2.54. The highest BCUT2D eigenvalue weighted by Gasteiger charge is 2.22. The lowest BCUT2D eigenvalue weighted by Gasteiger charge is -2.36. The molecule has 0 aliphatic carbocycles. The Morgan fingerprint density at radius 1 is 1.42 bits per heavy atom. The van der Waals surface area contributed by atoms with E-state index in [-0.39, 0.29) is 0 Å². The van der Waals surface area contributed by atoms with E-state index in [0.717, 1.165) is 13.2 Å². The van der Waals surface area contributed by atoms with E-state index in [4.69, 9.17) is 4.74 Å². The summed E-state index contributed by atoms with van der Waals surface area (Å²) in [5.74, 6) is 0. The summed E-state index contributed by atoms with van der Waals surface area (Å²) in [6.07, 6.45) is 3.04. The molecule has 0 spiro atoms. The zero-order chi connectivity index (χ0) is 8.97. The lowest BCUT2D eigenvalue weighted by atomic mass is 10.2. The van der Waals surface area contributed by atoms with Crippen molar-refractivity contribution in [3.8, 4) is 0 Å². The molecular weight excluding hydrogens is 150 g/mol. The Morgan fingerprint density at radius 3 is 2.83 bits per heavy atom. The molecule has 0 amide bonds. The second kappa shape index (κ2) is 4.83. The van der Waals surface area contributed by atoms with E-state index in [0.29, 0.717) is 12.1 Å². The summed E-state index contributed by atoms with van der Waals surface area (Å²) < 4.78 is 5.56. The lowest BCUT2D eigenvalue weighted by molar-refractivity contribution is -0.0495. The van der Waals surface area contributed by atoms with Gasteiger partial charge >= 0.3 is 0 Å². The van der Waals surface area contributed by atoms with E-state index >= 15 is 0 Å².